The molecule has 3 aromatic rings. The van der Waals surface area contributed by atoms with Crippen LogP contribution in [0, 0.1) is 11.3 Å². The van der Waals surface area contributed by atoms with Crippen molar-refractivity contribution in [3.8, 4) is 6.07 Å². The molecule has 5 heteroatoms. The number of imidazole rings is 1. The Kier molecular flexibility index (Phi) is 3.79. The molecule has 0 radical (unpaired) electrons. The van der Waals surface area contributed by atoms with Gasteiger partial charge in [0.1, 0.15) is 11.6 Å². The molecule has 0 aliphatic heterocycles. The Morgan fingerprint density at radius 3 is 3.00 bits per heavy atom. The lowest BCUT2D eigenvalue weighted by atomic mass is 10.1. The zero-order chi connectivity index (χ0) is 14.5. The number of benzene rings is 1. The van der Waals surface area contributed by atoms with Gasteiger partial charge in [0.15, 0.2) is 0 Å². The molecule has 0 saturated heterocycles. The number of H-pyrrole nitrogens is 1. The minimum absolute atomic E-state index is 0.647. The van der Waals surface area contributed by atoms with Gasteiger partial charge in [-0.1, -0.05) is 18.2 Å². The Hall–Kier alpha value is -2.87. The highest BCUT2D eigenvalue weighted by Gasteiger charge is 2.04. The van der Waals surface area contributed by atoms with E-state index in [4.69, 9.17) is 0 Å². The van der Waals surface area contributed by atoms with Gasteiger partial charge in [0.2, 0.25) is 0 Å². The molecule has 0 saturated carbocycles. The van der Waals surface area contributed by atoms with Crippen molar-refractivity contribution in [2.24, 2.45) is 0 Å². The Morgan fingerprint density at radius 1 is 1.29 bits per heavy atom. The molecule has 0 bridgehead atoms. The number of hydrogen-bond donors (Lipinski definition) is 2. The number of anilines is 1. The summed E-state index contributed by atoms with van der Waals surface area (Å²) >= 11 is 0. The summed E-state index contributed by atoms with van der Waals surface area (Å²) in [7, 11) is 0. The molecule has 0 aliphatic carbocycles. The normalized spacial score (nSPS) is 10.4. The summed E-state index contributed by atoms with van der Waals surface area (Å²) in [6, 6.07) is 11.7. The maximum Gasteiger partial charge on any atom is 0.127 e. The van der Waals surface area contributed by atoms with Gasteiger partial charge in [-0.05, 0) is 18.6 Å². The number of nitrogens with one attached hydrogen (secondary N) is 2. The Morgan fingerprint density at radius 2 is 2.19 bits per heavy atom. The van der Waals surface area contributed by atoms with Crippen molar-refractivity contribution in [3.05, 3.63) is 54.1 Å². The third kappa shape index (κ3) is 3.00. The number of fused-ring (bicyclic) bond motifs is 1. The second-order valence-corrected chi connectivity index (χ2v) is 4.75. The van der Waals surface area contributed by atoms with Crippen LogP contribution in [-0.4, -0.2) is 21.5 Å². The van der Waals surface area contributed by atoms with Crippen LogP contribution in [0.15, 0.2) is 42.7 Å². The van der Waals surface area contributed by atoms with Gasteiger partial charge in [-0.15, -0.1) is 0 Å². The lowest BCUT2D eigenvalue weighted by Gasteiger charge is -2.07. The maximum atomic E-state index is 9.24. The van der Waals surface area contributed by atoms with E-state index < -0.39 is 0 Å². The quantitative estimate of drug-likeness (QED) is 0.703. The fourth-order valence-corrected chi connectivity index (χ4v) is 2.27. The highest BCUT2D eigenvalue weighted by molar-refractivity contribution is 5.86. The summed E-state index contributed by atoms with van der Waals surface area (Å²) in [5, 5.41) is 13.4. The predicted molar refractivity (Wildman–Crippen MR) is 81.9 cm³/mol. The van der Waals surface area contributed by atoms with E-state index in [0.29, 0.717) is 5.56 Å². The number of aromatic amines is 1. The van der Waals surface area contributed by atoms with Crippen LogP contribution in [0.3, 0.4) is 0 Å². The molecule has 0 unspecified atom stereocenters. The van der Waals surface area contributed by atoms with Crippen molar-refractivity contribution in [1.29, 1.82) is 5.26 Å². The molecule has 0 fully saturated rings. The van der Waals surface area contributed by atoms with E-state index in [1.165, 1.54) is 0 Å². The predicted octanol–water partition coefficient (Wildman–Crippen LogP) is 2.87. The number of aromatic nitrogens is 3. The van der Waals surface area contributed by atoms with E-state index in [9.17, 15) is 5.26 Å². The number of rotatable bonds is 5. The first kappa shape index (κ1) is 13.1. The number of pyridine rings is 1. The lowest BCUT2D eigenvalue weighted by molar-refractivity contribution is 0.814. The molecule has 21 heavy (non-hydrogen) atoms. The van der Waals surface area contributed by atoms with E-state index >= 15 is 0 Å². The van der Waals surface area contributed by atoms with Crippen LogP contribution in [0.4, 0.5) is 5.82 Å². The van der Waals surface area contributed by atoms with E-state index in [1.807, 2.05) is 30.5 Å². The van der Waals surface area contributed by atoms with E-state index in [-0.39, 0.29) is 0 Å². The molecule has 0 aliphatic rings. The molecule has 2 heterocycles. The number of hydrogen-bond acceptors (Lipinski definition) is 4. The average molecular weight is 277 g/mol. The highest BCUT2D eigenvalue weighted by atomic mass is 15.0. The Bertz CT molecular complexity index is 771. The number of para-hydroxylation sites is 1. The van der Waals surface area contributed by atoms with Gasteiger partial charge >= 0.3 is 0 Å². The Balaban J connectivity index is 1.68. The third-order valence-corrected chi connectivity index (χ3v) is 3.29. The molecular weight excluding hydrogens is 262 g/mol. The maximum absolute atomic E-state index is 9.24. The molecule has 0 spiro atoms. The van der Waals surface area contributed by atoms with Crippen molar-refractivity contribution >= 4 is 16.7 Å². The zero-order valence-electron chi connectivity index (χ0n) is 11.5. The summed E-state index contributed by atoms with van der Waals surface area (Å²) in [6.45, 7) is 0.789. The van der Waals surface area contributed by atoms with E-state index in [1.54, 1.807) is 12.3 Å². The largest absolute Gasteiger partial charge is 0.370 e. The molecular formula is C16H15N5. The van der Waals surface area contributed by atoms with Gasteiger partial charge in [-0.25, -0.2) is 9.97 Å². The highest BCUT2D eigenvalue weighted by Crippen LogP contribution is 2.19. The van der Waals surface area contributed by atoms with Gasteiger partial charge in [0, 0.05) is 30.7 Å². The van der Waals surface area contributed by atoms with Gasteiger partial charge in [0.05, 0.1) is 17.1 Å². The van der Waals surface area contributed by atoms with Crippen LogP contribution in [0.25, 0.3) is 10.9 Å². The van der Waals surface area contributed by atoms with Crippen molar-refractivity contribution in [2.75, 3.05) is 11.9 Å². The molecule has 1 aromatic carbocycles. The third-order valence-electron chi connectivity index (χ3n) is 3.29. The van der Waals surface area contributed by atoms with E-state index in [0.717, 1.165) is 41.9 Å². The monoisotopic (exact) mass is 277 g/mol. The van der Waals surface area contributed by atoms with E-state index in [2.05, 4.69) is 26.3 Å². The van der Waals surface area contributed by atoms with Gasteiger partial charge < -0.3 is 10.3 Å². The molecule has 0 amide bonds. The van der Waals surface area contributed by atoms with Crippen molar-refractivity contribution in [1.82, 2.24) is 15.0 Å². The Labute approximate surface area is 122 Å². The zero-order valence-corrected chi connectivity index (χ0v) is 11.5. The summed E-state index contributed by atoms with van der Waals surface area (Å²) in [4.78, 5) is 11.8. The van der Waals surface area contributed by atoms with Gasteiger partial charge in [0.25, 0.3) is 0 Å². The van der Waals surface area contributed by atoms with Crippen molar-refractivity contribution < 1.29 is 0 Å². The van der Waals surface area contributed by atoms with Crippen LogP contribution in [0.1, 0.15) is 17.8 Å². The van der Waals surface area contributed by atoms with Crippen molar-refractivity contribution in [3.63, 3.8) is 0 Å². The topological polar surface area (TPSA) is 77.4 Å². The standard InChI is InChI=1S/C16H15N5/c17-11-12-10-16(21-14-5-2-1-4-13(12)14)18-7-3-6-15-19-8-9-20-15/h1-2,4-5,8-10H,3,6-7H2,(H,18,21)(H,19,20). The van der Waals surface area contributed by atoms with Crippen LogP contribution in [0.2, 0.25) is 0 Å². The fourth-order valence-electron chi connectivity index (χ4n) is 2.27. The first-order chi connectivity index (χ1) is 10.4. The van der Waals surface area contributed by atoms with Crippen LogP contribution in [0.5, 0.6) is 0 Å². The smallest absolute Gasteiger partial charge is 0.127 e. The summed E-state index contributed by atoms with van der Waals surface area (Å²) in [6.07, 6.45) is 5.42. The number of nitrogens with zero attached hydrogens (tertiary/aromatic N) is 3. The second-order valence-electron chi connectivity index (χ2n) is 4.75. The number of nitriles is 1. The summed E-state index contributed by atoms with van der Waals surface area (Å²) in [5.41, 5.74) is 1.49. The molecule has 104 valence electrons. The minimum Gasteiger partial charge on any atom is -0.370 e. The van der Waals surface area contributed by atoms with Crippen molar-refractivity contribution in [2.45, 2.75) is 12.8 Å². The van der Waals surface area contributed by atoms with Gasteiger partial charge in [-0.3, -0.25) is 0 Å². The molecule has 0 atom stereocenters. The average Bonchev–Trinajstić information content (AvgIpc) is 3.04. The first-order valence-electron chi connectivity index (χ1n) is 6.89. The fraction of sp³-hybridized carbons (Fsp3) is 0.188. The second kappa shape index (κ2) is 6.06. The SMILES string of the molecule is N#Cc1cc(NCCCc2ncc[nH]2)nc2ccccc12. The van der Waals surface area contributed by atoms with Crippen LogP contribution in [-0.2, 0) is 6.42 Å². The lowest BCUT2D eigenvalue weighted by Crippen LogP contribution is -2.05. The minimum atomic E-state index is 0.647. The first-order valence-corrected chi connectivity index (χ1v) is 6.89. The summed E-state index contributed by atoms with van der Waals surface area (Å²) < 4.78 is 0. The van der Waals surface area contributed by atoms with Gasteiger partial charge in [-0.2, -0.15) is 5.26 Å². The molecule has 2 N–H and O–H groups in total. The molecule has 3 rings (SSSR count). The number of aryl methyl sites for hydroxylation is 1. The molecule has 2 aromatic heterocycles. The summed E-state index contributed by atoms with van der Waals surface area (Å²) in [5.74, 6) is 1.73. The van der Waals surface area contributed by atoms with Crippen LogP contribution < -0.4 is 5.32 Å². The van der Waals surface area contributed by atoms with Crippen LogP contribution >= 0.6 is 0 Å². The molecule has 5 nitrogen and oxygen atoms in total.